The molecule has 1 amide bonds. The first-order valence-electron chi connectivity index (χ1n) is 6.55. The van der Waals surface area contributed by atoms with Gasteiger partial charge in [-0.1, -0.05) is 6.07 Å². The van der Waals surface area contributed by atoms with E-state index in [-0.39, 0.29) is 11.9 Å². The second kappa shape index (κ2) is 5.36. The smallest absolute Gasteiger partial charge is 0.254 e. The highest BCUT2D eigenvalue weighted by Crippen LogP contribution is 2.29. The second-order valence-electron chi connectivity index (χ2n) is 4.89. The minimum atomic E-state index is -0.632. The summed E-state index contributed by atoms with van der Waals surface area (Å²) in [7, 11) is 0. The molecule has 1 aliphatic carbocycles. The van der Waals surface area contributed by atoms with E-state index in [0.717, 1.165) is 18.4 Å². The van der Waals surface area contributed by atoms with E-state index in [1.54, 1.807) is 23.4 Å². The van der Waals surface area contributed by atoms with E-state index < -0.39 is 5.95 Å². The molecule has 102 valence electrons. The molecule has 0 N–H and O–H groups in total. The summed E-state index contributed by atoms with van der Waals surface area (Å²) in [5.74, 6) is -0.786. The number of hydrogen-bond donors (Lipinski definition) is 0. The standard InChI is InChI=1S/C15H14FN3O/c16-14-8-12(5-7-18-14)15(20)19(13-3-4-13)10-11-2-1-6-17-9-11/h1-2,5-9,13H,3-4,10H2. The van der Waals surface area contributed by atoms with E-state index >= 15 is 0 Å². The largest absolute Gasteiger partial charge is 0.331 e. The molecule has 0 unspecified atom stereocenters. The molecule has 0 aromatic carbocycles. The fraction of sp³-hybridized carbons (Fsp3) is 0.267. The Hall–Kier alpha value is -2.30. The Bertz CT molecular complexity index is 614. The van der Waals surface area contributed by atoms with Crippen LogP contribution >= 0.6 is 0 Å². The van der Waals surface area contributed by atoms with E-state index in [1.165, 1.54) is 12.3 Å². The zero-order chi connectivity index (χ0) is 13.9. The molecule has 3 rings (SSSR count). The van der Waals surface area contributed by atoms with Gasteiger partial charge in [-0.05, 0) is 30.5 Å². The van der Waals surface area contributed by atoms with Crippen molar-refractivity contribution < 1.29 is 9.18 Å². The third-order valence-electron chi connectivity index (χ3n) is 3.30. The highest BCUT2D eigenvalue weighted by Gasteiger charge is 2.33. The Morgan fingerprint density at radius 3 is 2.85 bits per heavy atom. The van der Waals surface area contributed by atoms with E-state index in [9.17, 15) is 9.18 Å². The molecule has 20 heavy (non-hydrogen) atoms. The average molecular weight is 271 g/mol. The van der Waals surface area contributed by atoms with E-state index in [4.69, 9.17) is 0 Å². The molecule has 0 aliphatic heterocycles. The van der Waals surface area contributed by atoms with Gasteiger partial charge in [0.2, 0.25) is 5.95 Å². The first-order valence-corrected chi connectivity index (χ1v) is 6.55. The van der Waals surface area contributed by atoms with Crippen LogP contribution in [0.5, 0.6) is 0 Å². The molecule has 0 saturated heterocycles. The zero-order valence-electron chi connectivity index (χ0n) is 10.9. The zero-order valence-corrected chi connectivity index (χ0v) is 10.9. The summed E-state index contributed by atoms with van der Waals surface area (Å²) in [6.45, 7) is 0.501. The normalized spacial score (nSPS) is 14.1. The molecule has 5 heteroatoms. The highest BCUT2D eigenvalue weighted by atomic mass is 19.1. The third-order valence-corrected chi connectivity index (χ3v) is 3.30. The Morgan fingerprint density at radius 1 is 1.35 bits per heavy atom. The Balaban J connectivity index is 1.82. The molecular formula is C15H14FN3O. The summed E-state index contributed by atoms with van der Waals surface area (Å²) in [4.78, 5) is 21.8. The van der Waals surface area contributed by atoms with Crippen molar-refractivity contribution >= 4 is 5.91 Å². The van der Waals surface area contributed by atoms with Crippen molar-refractivity contribution in [1.29, 1.82) is 0 Å². The van der Waals surface area contributed by atoms with Crippen LogP contribution in [0.4, 0.5) is 4.39 Å². The van der Waals surface area contributed by atoms with Gasteiger partial charge in [-0.25, -0.2) is 4.98 Å². The molecule has 2 heterocycles. The summed E-state index contributed by atoms with van der Waals surface area (Å²) in [6, 6.07) is 6.75. The van der Waals surface area contributed by atoms with Gasteiger partial charge in [-0.15, -0.1) is 0 Å². The van der Waals surface area contributed by atoms with Crippen LogP contribution in [0.15, 0.2) is 42.9 Å². The number of halogens is 1. The molecule has 0 spiro atoms. The van der Waals surface area contributed by atoms with Gasteiger partial charge < -0.3 is 4.90 Å². The lowest BCUT2D eigenvalue weighted by Crippen LogP contribution is -2.32. The summed E-state index contributed by atoms with van der Waals surface area (Å²) in [6.07, 6.45) is 6.76. The maximum absolute atomic E-state index is 13.1. The molecule has 0 atom stereocenters. The lowest BCUT2D eigenvalue weighted by Gasteiger charge is -2.22. The molecule has 0 bridgehead atoms. The van der Waals surface area contributed by atoms with Gasteiger partial charge in [0.25, 0.3) is 5.91 Å². The van der Waals surface area contributed by atoms with Crippen LogP contribution in [0.1, 0.15) is 28.8 Å². The lowest BCUT2D eigenvalue weighted by atomic mass is 10.2. The van der Waals surface area contributed by atoms with Gasteiger partial charge in [-0.2, -0.15) is 4.39 Å². The van der Waals surface area contributed by atoms with Crippen molar-refractivity contribution in [2.75, 3.05) is 0 Å². The second-order valence-corrected chi connectivity index (χ2v) is 4.89. The first-order chi connectivity index (χ1) is 9.74. The lowest BCUT2D eigenvalue weighted by molar-refractivity contribution is 0.0729. The van der Waals surface area contributed by atoms with Crippen LogP contribution in [-0.4, -0.2) is 26.8 Å². The molecule has 2 aromatic heterocycles. The number of carbonyl (C=O) groups excluding carboxylic acids is 1. The van der Waals surface area contributed by atoms with E-state index in [2.05, 4.69) is 9.97 Å². The molecule has 2 aromatic rings. The van der Waals surface area contributed by atoms with Crippen molar-refractivity contribution in [2.45, 2.75) is 25.4 Å². The monoisotopic (exact) mass is 271 g/mol. The predicted molar refractivity (Wildman–Crippen MR) is 71.3 cm³/mol. The molecule has 1 aliphatic rings. The van der Waals surface area contributed by atoms with Gasteiger partial charge in [0.15, 0.2) is 0 Å². The SMILES string of the molecule is O=C(c1ccnc(F)c1)N(Cc1cccnc1)C1CC1. The van der Waals surface area contributed by atoms with Crippen LogP contribution < -0.4 is 0 Å². The van der Waals surface area contributed by atoms with Crippen molar-refractivity contribution in [3.63, 3.8) is 0 Å². The number of pyridine rings is 2. The summed E-state index contributed by atoms with van der Waals surface area (Å²) in [5.41, 5.74) is 1.32. The van der Waals surface area contributed by atoms with E-state index in [0.29, 0.717) is 12.1 Å². The Kier molecular flexibility index (Phi) is 3.41. The maximum Gasteiger partial charge on any atom is 0.254 e. The van der Waals surface area contributed by atoms with Gasteiger partial charge in [0.1, 0.15) is 0 Å². The number of nitrogens with zero attached hydrogens (tertiary/aromatic N) is 3. The minimum Gasteiger partial charge on any atom is -0.331 e. The minimum absolute atomic E-state index is 0.155. The van der Waals surface area contributed by atoms with Crippen molar-refractivity contribution in [3.05, 3.63) is 59.9 Å². The molecule has 1 fully saturated rings. The van der Waals surface area contributed by atoms with Crippen molar-refractivity contribution in [3.8, 4) is 0 Å². The topological polar surface area (TPSA) is 46.1 Å². The van der Waals surface area contributed by atoms with Gasteiger partial charge in [0.05, 0.1) is 0 Å². The van der Waals surface area contributed by atoms with Gasteiger partial charge in [-0.3, -0.25) is 9.78 Å². The van der Waals surface area contributed by atoms with Crippen LogP contribution in [0.3, 0.4) is 0 Å². The van der Waals surface area contributed by atoms with E-state index in [1.807, 2.05) is 12.1 Å². The fourth-order valence-corrected chi connectivity index (χ4v) is 2.14. The number of carbonyl (C=O) groups is 1. The van der Waals surface area contributed by atoms with Crippen molar-refractivity contribution in [1.82, 2.24) is 14.9 Å². The average Bonchev–Trinajstić information content (AvgIpc) is 3.30. The molecule has 1 saturated carbocycles. The quantitative estimate of drug-likeness (QED) is 0.802. The summed E-state index contributed by atoms with van der Waals surface area (Å²) >= 11 is 0. The summed E-state index contributed by atoms with van der Waals surface area (Å²) in [5, 5.41) is 0. The van der Waals surface area contributed by atoms with Gasteiger partial charge in [0, 0.05) is 42.8 Å². The van der Waals surface area contributed by atoms with Crippen LogP contribution in [-0.2, 0) is 6.54 Å². The van der Waals surface area contributed by atoms with Crippen molar-refractivity contribution in [2.24, 2.45) is 0 Å². The molecule has 0 radical (unpaired) electrons. The summed E-state index contributed by atoms with van der Waals surface area (Å²) < 4.78 is 13.1. The first kappa shape index (κ1) is 12.7. The highest BCUT2D eigenvalue weighted by molar-refractivity contribution is 5.94. The van der Waals surface area contributed by atoms with Crippen LogP contribution in [0.25, 0.3) is 0 Å². The number of hydrogen-bond acceptors (Lipinski definition) is 3. The fourth-order valence-electron chi connectivity index (χ4n) is 2.14. The molecular weight excluding hydrogens is 257 g/mol. The van der Waals surface area contributed by atoms with Gasteiger partial charge >= 0.3 is 0 Å². The van der Waals surface area contributed by atoms with Crippen LogP contribution in [0.2, 0.25) is 0 Å². The predicted octanol–water partition coefficient (Wildman–Crippen LogP) is 2.42. The number of rotatable bonds is 4. The van der Waals surface area contributed by atoms with Crippen LogP contribution in [0, 0.1) is 5.95 Å². The Morgan fingerprint density at radius 2 is 2.20 bits per heavy atom. The Labute approximate surface area is 116 Å². The molecule has 4 nitrogen and oxygen atoms in total. The number of amides is 1. The third kappa shape index (κ3) is 2.82. The number of aromatic nitrogens is 2. The maximum atomic E-state index is 13.1.